The molecule has 31 heavy (non-hydrogen) atoms. The van der Waals surface area contributed by atoms with E-state index in [-0.39, 0.29) is 17.9 Å². The molecule has 4 rings (SSSR count). The number of fused-ring (bicyclic) bond motifs is 1. The van der Waals surface area contributed by atoms with E-state index in [2.05, 4.69) is 20.5 Å². The molecule has 9 nitrogen and oxygen atoms in total. The number of carbonyl (C=O) groups is 1. The summed E-state index contributed by atoms with van der Waals surface area (Å²) in [4.78, 5) is 28.4. The summed E-state index contributed by atoms with van der Waals surface area (Å²) in [6.07, 6.45) is 1.66. The van der Waals surface area contributed by atoms with Crippen molar-refractivity contribution < 1.29 is 4.79 Å². The number of amides is 1. The van der Waals surface area contributed by atoms with E-state index in [9.17, 15) is 9.59 Å². The molecule has 4 aromatic rings. The van der Waals surface area contributed by atoms with Gasteiger partial charge in [0.1, 0.15) is 5.82 Å². The lowest BCUT2D eigenvalue weighted by molar-refractivity contribution is -0.120. The Bertz CT molecular complexity index is 1280. The highest BCUT2D eigenvalue weighted by Crippen LogP contribution is 2.16. The maximum absolute atomic E-state index is 12.5. The van der Waals surface area contributed by atoms with Gasteiger partial charge < -0.3 is 11.1 Å². The third-order valence-corrected chi connectivity index (χ3v) is 5.26. The summed E-state index contributed by atoms with van der Waals surface area (Å²) in [6.45, 7) is 4.25. The number of nitrogens with zero attached hydrogens (tertiary/aromatic N) is 4. The number of benzene rings is 1. The quantitative estimate of drug-likeness (QED) is 0.394. The Morgan fingerprint density at radius 3 is 2.74 bits per heavy atom. The summed E-state index contributed by atoms with van der Waals surface area (Å²) >= 11 is 0. The second kappa shape index (κ2) is 8.47. The molecule has 1 aromatic carbocycles. The van der Waals surface area contributed by atoms with Crippen LogP contribution in [0.4, 0.5) is 5.82 Å². The highest BCUT2D eigenvalue weighted by atomic mass is 16.1. The standard InChI is InChI=1S/C22H25N7O2/c1-14-18(15(2)28-20(25-14)13-22(31)27-28)12-21(30)24-10-6-7-16-11-19(23)29(26-16)17-8-4-3-5-9-17/h3-5,8-9,11,13H,6-7,10,12,23H2,1-2H3,(H,24,30)(H,27,31). The molecule has 3 aromatic heterocycles. The first-order valence-electron chi connectivity index (χ1n) is 10.2. The second-order valence-electron chi connectivity index (χ2n) is 7.51. The molecule has 3 heterocycles. The van der Waals surface area contributed by atoms with Gasteiger partial charge in [0, 0.05) is 35.6 Å². The Kier molecular flexibility index (Phi) is 5.57. The van der Waals surface area contributed by atoms with Gasteiger partial charge in [-0.25, -0.2) is 14.2 Å². The average molecular weight is 419 g/mol. The highest BCUT2D eigenvalue weighted by Gasteiger charge is 2.14. The van der Waals surface area contributed by atoms with E-state index < -0.39 is 0 Å². The maximum Gasteiger partial charge on any atom is 0.266 e. The first-order chi connectivity index (χ1) is 14.9. The molecule has 0 spiro atoms. The number of aryl methyl sites for hydroxylation is 3. The van der Waals surface area contributed by atoms with E-state index in [4.69, 9.17) is 5.73 Å². The Balaban J connectivity index is 1.32. The van der Waals surface area contributed by atoms with Crippen LogP contribution in [0.25, 0.3) is 11.3 Å². The Morgan fingerprint density at radius 1 is 1.19 bits per heavy atom. The van der Waals surface area contributed by atoms with Gasteiger partial charge >= 0.3 is 0 Å². The molecule has 0 radical (unpaired) electrons. The number of aromatic amines is 1. The number of nitrogens with one attached hydrogen (secondary N) is 2. The topological polar surface area (TPSA) is 123 Å². The van der Waals surface area contributed by atoms with Gasteiger partial charge in [0.05, 0.1) is 17.8 Å². The van der Waals surface area contributed by atoms with E-state index in [0.29, 0.717) is 24.4 Å². The first kappa shape index (κ1) is 20.4. The van der Waals surface area contributed by atoms with Gasteiger partial charge in [0.15, 0.2) is 5.65 Å². The van der Waals surface area contributed by atoms with Gasteiger partial charge in [0.25, 0.3) is 5.56 Å². The van der Waals surface area contributed by atoms with Crippen LogP contribution < -0.4 is 16.6 Å². The van der Waals surface area contributed by atoms with Gasteiger partial charge in [-0.05, 0) is 38.8 Å². The lowest BCUT2D eigenvalue weighted by Crippen LogP contribution is -2.27. The van der Waals surface area contributed by atoms with Crippen LogP contribution in [0.5, 0.6) is 0 Å². The molecule has 0 saturated carbocycles. The smallest absolute Gasteiger partial charge is 0.266 e. The van der Waals surface area contributed by atoms with Gasteiger partial charge in [-0.15, -0.1) is 0 Å². The lowest BCUT2D eigenvalue weighted by atomic mass is 10.1. The zero-order valence-electron chi connectivity index (χ0n) is 17.6. The molecule has 0 saturated heterocycles. The Labute approximate surface area is 178 Å². The van der Waals surface area contributed by atoms with Crippen LogP contribution in [0, 0.1) is 13.8 Å². The fraction of sp³-hybridized carbons (Fsp3) is 0.273. The second-order valence-corrected chi connectivity index (χ2v) is 7.51. The normalized spacial score (nSPS) is 11.2. The first-order valence-corrected chi connectivity index (χ1v) is 10.2. The third-order valence-electron chi connectivity index (χ3n) is 5.26. The lowest BCUT2D eigenvalue weighted by Gasteiger charge is -2.11. The largest absolute Gasteiger partial charge is 0.384 e. The summed E-state index contributed by atoms with van der Waals surface area (Å²) in [5, 5.41) is 10.2. The van der Waals surface area contributed by atoms with Crippen LogP contribution in [0.1, 0.15) is 29.1 Å². The monoisotopic (exact) mass is 419 g/mol. The van der Waals surface area contributed by atoms with E-state index in [0.717, 1.165) is 34.8 Å². The highest BCUT2D eigenvalue weighted by molar-refractivity contribution is 5.79. The average Bonchev–Trinajstić information content (AvgIpc) is 3.31. The van der Waals surface area contributed by atoms with E-state index in [1.54, 1.807) is 9.20 Å². The molecule has 0 fully saturated rings. The van der Waals surface area contributed by atoms with E-state index >= 15 is 0 Å². The van der Waals surface area contributed by atoms with Gasteiger partial charge in [-0.1, -0.05) is 18.2 Å². The number of carbonyl (C=O) groups excluding carboxylic acids is 1. The number of nitrogens with two attached hydrogens (primary N) is 1. The van der Waals surface area contributed by atoms with Crippen molar-refractivity contribution in [1.29, 1.82) is 0 Å². The van der Waals surface area contributed by atoms with Crippen LogP contribution in [-0.2, 0) is 17.6 Å². The minimum atomic E-state index is -0.216. The van der Waals surface area contributed by atoms with Crippen molar-refractivity contribution in [1.82, 2.24) is 29.7 Å². The van der Waals surface area contributed by atoms with Crippen molar-refractivity contribution in [2.75, 3.05) is 12.3 Å². The number of hydrogen-bond acceptors (Lipinski definition) is 5. The molecule has 0 unspecified atom stereocenters. The molecule has 4 N–H and O–H groups in total. The summed E-state index contributed by atoms with van der Waals surface area (Å²) in [7, 11) is 0. The number of hydrogen-bond donors (Lipinski definition) is 3. The fourth-order valence-electron chi connectivity index (χ4n) is 3.68. The minimum Gasteiger partial charge on any atom is -0.384 e. The van der Waals surface area contributed by atoms with Gasteiger partial charge in [-0.2, -0.15) is 5.10 Å². The van der Waals surface area contributed by atoms with Gasteiger partial charge in [0.2, 0.25) is 5.91 Å². The summed E-state index contributed by atoms with van der Waals surface area (Å²) in [5.41, 5.74) is 10.6. The Morgan fingerprint density at radius 2 is 1.97 bits per heavy atom. The molecule has 1 amide bonds. The molecular formula is C22H25N7O2. The van der Waals surface area contributed by atoms with E-state index in [1.807, 2.05) is 50.2 Å². The third kappa shape index (κ3) is 4.35. The SMILES string of the molecule is Cc1nc2cc(=O)[nH]n2c(C)c1CC(=O)NCCCc1cc(N)n(-c2ccccc2)n1. The number of H-pyrrole nitrogens is 1. The summed E-state index contributed by atoms with van der Waals surface area (Å²) < 4.78 is 3.33. The number of para-hydroxylation sites is 1. The zero-order chi connectivity index (χ0) is 22.0. The van der Waals surface area contributed by atoms with E-state index in [1.165, 1.54) is 6.07 Å². The molecule has 0 aliphatic carbocycles. The molecular weight excluding hydrogens is 394 g/mol. The predicted molar refractivity (Wildman–Crippen MR) is 118 cm³/mol. The number of nitrogen functional groups attached to an aromatic ring is 1. The Hall–Kier alpha value is -3.88. The van der Waals surface area contributed by atoms with Crippen molar-refractivity contribution in [3.8, 4) is 5.69 Å². The van der Waals surface area contributed by atoms with Gasteiger partial charge in [-0.3, -0.25) is 14.7 Å². The van der Waals surface area contributed by atoms with Crippen molar-refractivity contribution >= 4 is 17.4 Å². The molecule has 9 heteroatoms. The summed E-state index contributed by atoms with van der Waals surface area (Å²) in [5.74, 6) is 0.498. The minimum absolute atomic E-state index is 0.0869. The van der Waals surface area contributed by atoms with Crippen molar-refractivity contribution in [2.45, 2.75) is 33.1 Å². The van der Waals surface area contributed by atoms with Crippen LogP contribution >= 0.6 is 0 Å². The van der Waals surface area contributed by atoms with Crippen LogP contribution in [0.15, 0.2) is 47.3 Å². The van der Waals surface area contributed by atoms with Crippen molar-refractivity contribution in [3.63, 3.8) is 0 Å². The molecule has 0 bridgehead atoms. The predicted octanol–water partition coefficient (Wildman–Crippen LogP) is 1.70. The van der Waals surface area contributed by atoms with Crippen molar-refractivity contribution in [2.24, 2.45) is 0 Å². The molecule has 0 aliphatic heterocycles. The summed E-state index contributed by atoms with van der Waals surface area (Å²) in [6, 6.07) is 13.0. The molecule has 0 aliphatic rings. The van der Waals surface area contributed by atoms with Crippen LogP contribution in [0.2, 0.25) is 0 Å². The maximum atomic E-state index is 12.5. The zero-order valence-corrected chi connectivity index (χ0v) is 17.6. The van der Waals surface area contributed by atoms with Crippen LogP contribution in [0.3, 0.4) is 0 Å². The van der Waals surface area contributed by atoms with Crippen LogP contribution in [-0.4, -0.2) is 36.8 Å². The number of anilines is 1. The fourth-order valence-corrected chi connectivity index (χ4v) is 3.68. The number of aromatic nitrogens is 5. The molecule has 160 valence electrons. The number of rotatable bonds is 7. The van der Waals surface area contributed by atoms with Crippen molar-refractivity contribution in [3.05, 3.63) is 75.5 Å². The molecule has 0 atom stereocenters.